The molecule has 2 aromatic carbocycles. The number of hydrogen-bond donors (Lipinski definition) is 0. The van der Waals surface area contributed by atoms with Crippen molar-refractivity contribution in [2.75, 3.05) is 26.3 Å². The van der Waals surface area contributed by atoms with Gasteiger partial charge < -0.3 is 9.64 Å². The minimum atomic E-state index is -0.548. The average Bonchev–Trinajstić information content (AvgIpc) is 2.64. The standard InChI is InChI=1S/C17H15FN2O4S/c18-14-3-1-2-4-16(14)25-15-6-5-12(20(22)23)11-13(15)17(21)19-7-9-24-10-8-19/h1-6,11H,7-10H2. The summed E-state index contributed by atoms with van der Waals surface area (Å²) in [5.41, 5.74) is 0.0267. The van der Waals surface area contributed by atoms with Gasteiger partial charge >= 0.3 is 0 Å². The predicted molar refractivity (Wildman–Crippen MR) is 90.3 cm³/mol. The Hall–Kier alpha value is -2.45. The van der Waals surface area contributed by atoms with Crippen molar-refractivity contribution in [2.24, 2.45) is 0 Å². The molecule has 0 aliphatic carbocycles. The highest BCUT2D eigenvalue weighted by atomic mass is 32.2. The minimum absolute atomic E-state index is 0.172. The van der Waals surface area contributed by atoms with Crippen molar-refractivity contribution < 1.29 is 18.8 Å². The van der Waals surface area contributed by atoms with Crippen LogP contribution in [0.1, 0.15) is 10.4 Å². The summed E-state index contributed by atoms with van der Waals surface area (Å²) in [5, 5.41) is 11.1. The van der Waals surface area contributed by atoms with E-state index in [9.17, 15) is 19.3 Å². The fraction of sp³-hybridized carbons (Fsp3) is 0.235. The number of amides is 1. The molecule has 1 amide bonds. The van der Waals surface area contributed by atoms with Crippen molar-refractivity contribution in [3.8, 4) is 0 Å². The summed E-state index contributed by atoms with van der Waals surface area (Å²) >= 11 is 1.08. The summed E-state index contributed by atoms with van der Waals surface area (Å²) < 4.78 is 19.2. The van der Waals surface area contributed by atoms with Gasteiger partial charge in [0.2, 0.25) is 0 Å². The molecule has 130 valence electrons. The highest BCUT2D eigenvalue weighted by Crippen LogP contribution is 2.34. The van der Waals surface area contributed by atoms with E-state index in [-0.39, 0.29) is 17.2 Å². The van der Waals surface area contributed by atoms with Crippen LogP contribution in [0, 0.1) is 15.9 Å². The lowest BCUT2D eigenvalue weighted by Gasteiger charge is -2.27. The quantitative estimate of drug-likeness (QED) is 0.616. The van der Waals surface area contributed by atoms with E-state index in [2.05, 4.69) is 0 Å². The number of carbonyl (C=O) groups is 1. The fourth-order valence-electron chi connectivity index (χ4n) is 2.47. The number of ether oxygens (including phenoxy) is 1. The summed E-state index contributed by atoms with van der Waals surface area (Å²) in [5.74, 6) is -0.721. The van der Waals surface area contributed by atoms with Crippen LogP contribution in [-0.4, -0.2) is 42.0 Å². The highest BCUT2D eigenvalue weighted by Gasteiger charge is 2.24. The summed E-state index contributed by atoms with van der Waals surface area (Å²) in [7, 11) is 0. The first-order chi connectivity index (χ1) is 12.1. The van der Waals surface area contributed by atoms with Crippen molar-refractivity contribution in [2.45, 2.75) is 9.79 Å². The second-order valence-electron chi connectivity index (χ2n) is 5.37. The second kappa shape index (κ2) is 7.62. The molecule has 8 heteroatoms. The fourth-order valence-corrected chi connectivity index (χ4v) is 3.41. The monoisotopic (exact) mass is 362 g/mol. The molecule has 1 fully saturated rings. The Bertz CT molecular complexity index is 809. The number of hydrogen-bond acceptors (Lipinski definition) is 5. The highest BCUT2D eigenvalue weighted by molar-refractivity contribution is 7.99. The number of benzene rings is 2. The third-order valence-electron chi connectivity index (χ3n) is 3.76. The van der Waals surface area contributed by atoms with E-state index in [1.807, 2.05) is 0 Å². The Morgan fingerprint density at radius 3 is 2.56 bits per heavy atom. The van der Waals surface area contributed by atoms with Crippen LogP contribution in [0.5, 0.6) is 0 Å². The van der Waals surface area contributed by atoms with Crippen LogP contribution in [0.15, 0.2) is 52.3 Å². The van der Waals surface area contributed by atoms with Crippen LogP contribution < -0.4 is 0 Å². The zero-order chi connectivity index (χ0) is 17.8. The molecule has 25 heavy (non-hydrogen) atoms. The van der Waals surface area contributed by atoms with Gasteiger partial charge in [0.25, 0.3) is 11.6 Å². The molecule has 0 radical (unpaired) electrons. The van der Waals surface area contributed by atoms with Gasteiger partial charge in [-0.05, 0) is 18.2 Å². The number of morpholine rings is 1. The Morgan fingerprint density at radius 2 is 1.88 bits per heavy atom. The molecule has 0 N–H and O–H groups in total. The van der Waals surface area contributed by atoms with Gasteiger partial charge in [0.05, 0.1) is 23.7 Å². The zero-order valence-electron chi connectivity index (χ0n) is 13.2. The van der Waals surface area contributed by atoms with E-state index in [1.54, 1.807) is 23.1 Å². The topological polar surface area (TPSA) is 72.7 Å². The molecule has 0 spiro atoms. The molecule has 1 saturated heterocycles. The predicted octanol–water partition coefficient (Wildman–Crippen LogP) is 3.36. The SMILES string of the molecule is O=C(c1cc([N+](=O)[O-])ccc1Sc1ccccc1F)N1CCOCC1. The maximum Gasteiger partial charge on any atom is 0.270 e. The average molecular weight is 362 g/mol. The van der Waals surface area contributed by atoms with Crippen molar-refractivity contribution in [1.29, 1.82) is 0 Å². The number of carbonyl (C=O) groups excluding carboxylic acids is 1. The second-order valence-corrected chi connectivity index (χ2v) is 6.46. The molecule has 3 rings (SSSR count). The van der Waals surface area contributed by atoms with Crippen LogP contribution in [0.3, 0.4) is 0 Å². The number of nitro groups is 1. The smallest absolute Gasteiger partial charge is 0.270 e. The molecular formula is C17H15FN2O4S. The van der Waals surface area contributed by atoms with Gasteiger partial charge in [-0.25, -0.2) is 4.39 Å². The first-order valence-electron chi connectivity index (χ1n) is 7.64. The third-order valence-corrected chi connectivity index (χ3v) is 4.89. The van der Waals surface area contributed by atoms with Crippen LogP contribution in [0.2, 0.25) is 0 Å². The number of non-ortho nitro benzene ring substituents is 1. The molecule has 0 aromatic heterocycles. The van der Waals surface area contributed by atoms with Gasteiger partial charge in [-0.3, -0.25) is 14.9 Å². The number of halogens is 1. The van der Waals surface area contributed by atoms with Gasteiger partial charge in [-0.15, -0.1) is 0 Å². The van der Waals surface area contributed by atoms with E-state index in [4.69, 9.17) is 4.74 Å². The lowest BCUT2D eigenvalue weighted by atomic mass is 10.1. The number of nitrogens with zero attached hydrogens (tertiary/aromatic N) is 2. The van der Waals surface area contributed by atoms with Gasteiger partial charge in [0, 0.05) is 35.0 Å². The summed E-state index contributed by atoms with van der Waals surface area (Å²) in [6.45, 7) is 1.70. The molecule has 2 aromatic rings. The van der Waals surface area contributed by atoms with Gasteiger partial charge in [-0.2, -0.15) is 0 Å². The van der Waals surface area contributed by atoms with Crippen molar-refractivity contribution in [3.05, 3.63) is 64.0 Å². The van der Waals surface area contributed by atoms with Crippen LogP contribution in [0.25, 0.3) is 0 Å². The maximum atomic E-state index is 13.9. The number of nitro benzene ring substituents is 1. The Labute approximate surface area is 147 Å². The Kier molecular flexibility index (Phi) is 5.30. The number of rotatable bonds is 4. The molecule has 0 unspecified atom stereocenters. The lowest BCUT2D eigenvalue weighted by Crippen LogP contribution is -2.40. The van der Waals surface area contributed by atoms with E-state index in [1.165, 1.54) is 24.3 Å². The van der Waals surface area contributed by atoms with Crippen molar-refractivity contribution >= 4 is 23.4 Å². The molecule has 1 heterocycles. The first-order valence-corrected chi connectivity index (χ1v) is 8.46. The molecule has 6 nitrogen and oxygen atoms in total. The maximum absolute atomic E-state index is 13.9. The Balaban J connectivity index is 1.97. The van der Waals surface area contributed by atoms with E-state index < -0.39 is 10.7 Å². The minimum Gasteiger partial charge on any atom is -0.378 e. The van der Waals surface area contributed by atoms with E-state index in [0.717, 1.165) is 11.8 Å². The van der Waals surface area contributed by atoms with E-state index >= 15 is 0 Å². The molecule has 1 aliphatic heterocycles. The molecule has 0 bridgehead atoms. The van der Waals surface area contributed by atoms with Crippen LogP contribution in [0.4, 0.5) is 10.1 Å². The summed E-state index contributed by atoms with van der Waals surface area (Å²) in [6, 6.07) is 10.3. The first kappa shape index (κ1) is 17.4. The van der Waals surface area contributed by atoms with Gasteiger partial charge in [0.15, 0.2) is 0 Å². The summed E-state index contributed by atoms with van der Waals surface area (Å²) in [6.07, 6.45) is 0. The molecule has 0 atom stereocenters. The van der Waals surface area contributed by atoms with Crippen molar-refractivity contribution in [3.63, 3.8) is 0 Å². The molecule has 1 aliphatic rings. The largest absolute Gasteiger partial charge is 0.378 e. The van der Waals surface area contributed by atoms with Crippen LogP contribution >= 0.6 is 11.8 Å². The van der Waals surface area contributed by atoms with Gasteiger partial charge in [0.1, 0.15) is 5.82 Å². The lowest BCUT2D eigenvalue weighted by molar-refractivity contribution is -0.384. The summed E-state index contributed by atoms with van der Waals surface area (Å²) in [4.78, 5) is 25.8. The molecule has 0 saturated carbocycles. The Morgan fingerprint density at radius 1 is 1.16 bits per heavy atom. The third kappa shape index (κ3) is 3.97. The van der Waals surface area contributed by atoms with Crippen molar-refractivity contribution in [1.82, 2.24) is 4.90 Å². The van der Waals surface area contributed by atoms with E-state index in [0.29, 0.717) is 36.1 Å². The zero-order valence-corrected chi connectivity index (χ0v) is 14.0. The molecular weight excluding hydrogens is 347 g/mol. The van der Waals surface area contributed by atoms with Crippen LogP contribution in [-0.2, 0) is 4.74 Å². The van der Waals surface area contributed by atoms with Gasteiger partial charge in [-0.1, -0.05) is 23.9 Å². The normalized spacial score (nSPS) is 14.4.